The maximum absolute atomic E-state index is 14.1. The lowest BCUT2D eigenvalue weighted by Gasteiger charge is -2.23. The first-order valence-electron chi connectivity index (χ1n) is 9.50. The van der Waals surface area contributed by atoms with Gasteiger partial charge in [0.2, 0.25) is 10.0 Å². The van der Waals surface area contributed by atoms with Gasteiger partial charge in [0.05, 0.1) is 25.6 Å². The summed E-state index contributed by atoms with van der Waals surface area (Å²) in [5.41, 5.74) is 1.93. The molecule has 0 saturated carbocycles. The van der Waals surface area contributed by atoms with Gasteiger partial charge in [0, 0.05) is 12.1 Å². The Bertz CT molecular complexity index is 1160. The normalized spacial score (nSPS) is 11.1. The second-order valence-electron chi connectivity index (χ2n) is 6.95. The van der Waals surface area contributed by atoms with E-state index in [4.69, 9.17) is 4.74 Å². The van der Waals surface area contributed by atoms with Gasteiger partial charge in [-0.25, -0.2) is 12.8 Å². The molecule has 0 bridgehead atoms. The fraction of sp³-hybridized carbons (Fsp3) is 0.174. The minimum Gasteiger partial charge on any atom is -0.497 e. The summed E-state index contributed by atoms with van der Waals surface area (Å²) in [4.78, 5) is 12.4. The predicted molar refractivity (Wildman–Crippen MR) is 118 cm³/mol. The number of rotatable bonds is 8. The zero-order chi connectivity index (χ0) is 22.4. The molecule has 0 aliphatic heterocycles. The number of benzene rings is 3. The number of nitrogens with one attached hydrogen (secondary N) is 1. The molecule has 0 fully saturated rings. The first kappa shape index (κ1) is 22.3. The standard InChI is InChI=1S/C23H23FN2O4S/c1-30-20-7-5-6-18(14-20)15-25-23(27)19-12-10-17(11-13-19)16-26(31(2,28)29)22-9-4-3-8-21(22)24/h3-14H,15-16H2,1-2H3,(H,25,27). The van der Waals surface area contributed by atoms with Crippen molar-refractivity contribution >= 4 is 21.6 Å². The van der Waals surface area contributed by atoms with Crippen LogP contribution in [0.1, 0.15) is 21.5 Å². The van der Waals surface area contributed by atoms with Crippen molar-refractivity contribution in [2.45, 2.75) is 13.1 Å². The fourth-order valence-electron chi connectivity index (χ4n) is 3.03. The van der Waals surface area contributed by atoms with E-state index in [1.807, 2.05) is 24.3 Å². The van der Waals surface area contributed by atoms with Crippen molar-refractivity contribution in [1.29, 1.82) is 0 Å². The van der Waals surface area contributed by atoms with E-state index in [-0.39, 0.29) is 18.1 Å². The summed E-state index contributed by atoms with van der Waals surface area (Å²) in [7, 11) is -2.13. The van der Waals surface area contributed by atoms with Crippen LogP contribution >= 0.6 is 0 Å². The lowest BCUT2D eigenvalue weighted by atomic mass is 10.1. The Kier molecular flexibility index (Phi) is 6.91. The monoisotopic (exact) mass is 442 g/mol. The summed E-state index contributed by atoms with van der Waals surface area (Å²) in [5.74, 6) is -0.175. The van der Waals surface area contributed by atoms with Gasteiger partial charge in [-0.15, -0.1) is 0 Å². The number of hydrogen-bond acceptors (Lipinski definition) is 4. The molecule has 6 nitrogen and oxygen atoms in total. The number of halogens is 1. The average molecular weight is 443 g/mol. The summed E-state index contributed by atoms with van der Waals surface area (Å²) in [6.45, 7) is 0.290. The smallest absolute Gasteiger partial charge is 0.251 e. The number of sulfonamides is 1. The first-order chi connectivity index (χ1) is 14.8. The van der Waals surface area contributed by atoms with Gasteiger partial charge in [0.1, 0.15) is 11.6 Å². The van der Waals surface area contributed by atoms with Gasteiger partial charge in [-0.1, -0.05) is 36.4 Å². The van der Waals surface area contributed by atoms with Crippen LogP contribution in [-0.4, -0.2) is 27.7 Å². The SMILES string of the molecule is COc1cccc(CNC(=O)c2ccc(CN(c3ccccc3F)S(C)(=O)=O)cc2)c1. The Morgan fingerprint density at radius 3 is 2.35 bits per heavy atom. The van der Waals surface area contributed by atoms with Crippen LogP contribution in [-0.2, 0) is 23.1 Å². The van der Waals surface area contributed by atoms with E-state index in [1.54, 1.807) is 37.4 Å². The summed E-state index contributed by atoms with van der Waals surface area (Å²) in [6.07, 6.45) is 1.03. The van der Waals surface area contributed by atoms with Crippen molar-refractivity contribution in [3.63, 3.8) is 0 Å². The van der Waals surface area contributed by atoms with Crippen LogP contribution in [0.15, 0.2) is 72.8 Å². The minimum atomic E-state index is -3.71. The second-order valence-corrected chi connectivity index (χ2v) is 8.86. The van der Waals surface area contributed by atoms with Crippen LogP contribution in [0.25, 0.3) is 0 Å². The van der Waals surface area contributed by atoms with Crippen molar-refractivity contribution in [2.75, 3.05) is 17.7 Å². The molecule has 0 unspecified atom stereocenters. The number of methoxy groups -OCH3 is 1. The summed E-state index contributed by atoms with van der Waals surface area (Å²) < 4.78 is 44.8. The number of amides is 1. The molecule has 0 heterocycles. The Morgan fingerprint density at radius 2 is 1.71 bits per heavy atom. The van der Waals surface area contributed by atoms with Gasteiger partial charge in [-0.05, 0) is 47.5 Å². The van der Waals surface area contributed by atoms with Crippen LogP contribution in [0.3, 0.4) is 0 Å². The van der Waals surface area contributed by atoms with Crippen molar-refractivity contribution in [2.24, 2.45) is 0 Å². The molecule has 0 spiro atoms. The highest BCUT2D eigenvalue weighted by atomic mass is 32.2. The molecule has 8 heteroatoms. The largest absolute Gasteiger partial charge is 0.497 e. The lowest BCUT2D eigenvalue weighted by molar-refractivity contribution is 0.0951. The molecule has 1 amide bonds. The van der Waals surface area contributed by atoms with E-state index in [9.17, 15) is 17.6 Å². The topological polar surface area (TPSA) is 75.7 Å². The zero-order valence-corrected chi connectivity index (χ0v) is 18.0. The second kappa shape index (κ2) is 9.61. The average Bonchev–Trinajstić information content (AvgIpc) is 2.76. The molecule has 3 aromatic carbocycles. The molecule has 0 atom stereocenters. The number of para-hydroxylation sites is 1. The predicted octanol–water partition coefficient (Wildman–Crippen LogP) is 3.73. The van der Waals surface area contributed by atoms with E-state index in [0.717, 1.165) is 16.1 Å². The van der Waals surface area contributed by atoms with Gasteiger partial charge in [-0.3, -0.25) is 9.10 Å². The molecule has 3 aromatic rings. The van der Waals surface area contributed by atoms with Gasteiger partial charge in [-0.2, -0.15) is 0 Å². The number of ether oxygens (including phenoxy) is 1. The van der Waals surface area contributed by atoms with Crippen LogP contribution in [0, 0.1) is 5.82 Å². The van der Waals surface area contributed by atoms with E-state index in [2.05, 4.69) is 5.32 Å². The zero-order valence-electron chi connectivity index (χ0n) is 17.2. The summed E-state index contributed by atoms with van der Waals surface area (Å²) in [6, 6.07) is 19.6. The van der Waals surface area contributed by atoms with Crippen molar-refractivity contribution < 1.29 is 22.3 Å². The number of carbonyl (C=O) groups is 1. The van der Waals surface area contributed by atoms with E-state index >= 15 is 0 Å². The molecule has 0 aliphatic rings. The summed E-state index contributed by atoms with van der Waals surface area (Å²) in [5, 5.41) is 2.83. The molecule has 31 heavy (non-hydrogen) atoms. The van der Waals surface area contributed by atoms with Gasteiger partial charge in [0.25, 0.3) is 5.91 Å². The molecular formula is C23H23FN2O4S. The van der Waals surface area contributed by atoms with Crippen molar-refractivity contribution in [1.82, 2.24) is 5.32 Å². The van der Waals surface area contributed by atoms with E-state index in [1.165, 1.54) is 18.2 Å². The Morgan fingerprint density at radius 1 is 1.00 bits per heavy atom. The van der Waals surface area contributed by atoms with Gasteiger partial charge >= 0.3 is 0 Å². The minimum absolute atomic E-state index is 0.0230. The summed E-state index contributed by atoms with van der Waals surface area (Å²) >= 11 is 0. The van der Waals surface area contributed by atoms with Crippen LogP contribution in [0.2, 0.25) is 0 Å². The van der Waals surface area contributed by atoms with Crippen molar-refractivity contribution in [3.05, 3.63) is 95.3 Å². The Hall–Kier alpha value is -3.39. The third kappa shape index (κ3) is 5.82. The molecule has 0 aliphatic carbocycles. The Balaban J connectivity index is 1.69. The molecular weight excluding hydrogens is 419 g/mol. The highest BCUT2D eigenvalue weighted by Gasteiger charge is 2.21. The van der Waals surface area contributed by atoms with Crippen LogP contribution < -0.4 is 14.4 Å². The van der Waals surface area contributed by atoms with E-state index < -0.39 is 15.8 Å². The maximum Gasteiger partial charge on any atom is 0.251 e. The molecule has 162 valence electrons. The highest BCUT2D eigenvalue weighted by molar-refractivity contribution is 7.92. The third-order valence-electron chi connectivity index (χ3n) is 4.65. The number of carbonyl (C=O) groups excluding carboxylic acids is 1. The molecule has 0 saturated heterocycles. The van der Waals surface area contributed by atoms with Crippen molar-refractivity contribution in [3.8, 4) is 5.75 Å². The molecule has 1 N–H and O–H groups in total. The first-order valence-corrected chi connectivity index (χ1v) is 11.3. The number of hydrogen-bond donors (Lipinski definition) is 1. The van der Waals surface area contributed by atoms with Gasteiger partial charge in [0.15, 0.2) is 0 Å². The molecule has 3 rings (SSSR count). The fourth-order valence-corrected chi connectivity index (χ4v) is 3.92. The maximum atomic E-state index is 14.1. The van der Waals surface area contributed by atoms with Crippen LogP contribution in [0.4, 0.5) is 10.1 Å². The number of anilines is 1. The van der Waals surface area contributed by atoms with Crippen LogP contribution in [0.5, 0.6) is 5.75 Å². The Labute approximate surface area is 181 Å². The quantitative estimate of drug-likeness (QED) is 0.577. The lowest BCUT2D eigenvalue weighted by Crippen LogP contribution is -2.30. The number of nitrogens with zero attached hydrogens (tertiary/aromatic N) is 1. The van der Waals surface area contributed by atoms with Gasteiger partial charge < -0.3 is 10.1 Å². The third-order valence-corrected chi connectivity index (χ3v) is 5.78. The van der Waals surface area contributed by atoms with E-state index in [0.29, 0.717) is 23.4 Å². The molecule has 0 radical (unpaired) electrons. The highest BCUT2D eigenvalue weighted by Crippen LogP contribution is 2.24. The molecule has 0 aromatic heterocycles.